The van der Waals surface area contributed by atoms with Crippen molar-refractivity contribution < 1.29 is 4.79 Å². The van der Waals surface area contributed by atoms with Crippen LogP contribution in [-0.4, -0.2) is 10.9 Å². The molecule has 2 atom stereocenters. The number of anilines is 1. The monoisotopic (exact) mass is 360 g/mol. The molecule has 0 spiro atoms. The van der Waals surface area contributed by atoms with Gasteiger partial charge in [0.25, 0.3) is 0 Å². The molecule has 1 amide bonds. The first-order chi connectivity index (χ1) is 12.6. The largest absolute Gasteiger partial charge is 0.301 e. The Morgan fingerprint density at radius 2 is 2.12 bits per heavy atom. The number of amides is 1. The molecule has 0 saturated carbocycles. The van der Waals surface area contributed by atoms with Crippen molar-refractivity contribution in [2.45, 2.75) is 19.3 Å². The Bertz CT molecular complexity index is 950. The fourth-order valence-corrected chi connectivity index (χ4v) is 4.46. The summed E-state index contributed by atoms with van der Waals surface area (Å²) in [4.78, 5) is 17.5. The molecule has 130 valence electrons. The van der Waals surface area contributed by atoms with E-state index in [1.807, 2.05) is 29.7 Å². The summed E-state index contributed by atoms with van der Waals surface area (Å²) in [6.07, 6.45) is 4.27. The average Bonchev–Trinajstić information content (AvgIpc) is 3.27. The number of nitrogens with zero attached hydrogens (tertiary/aromatic N) is 1. The van der Waals surface area contributed by atoms with Gasteiger partial charge in [-0.05, 0) is 35.6 Å². The molecule has 0 bridgehead atoms. The molecule has 2 aromatic carbocycles. The number of hydrogen-bond acceptors (Lipinski definition) is 3. The minimum atomic E-state index is -0.574. The molecule has 26 heavy (non-hydrogen) atoms. The first-order valence-corrected chi connectivity index (χ1v) is 9.51. The Morgan fingerprint density at radius 3 is 2.81 bits per heavy atom. The maximum atomic E-state index is 13.3. The van der Waals surface area contributed by atoms with E-state index in [1.165, 1.54) is 22.5 Å². The third-order valence-electron chi connectivity index (χ3n) is 5.22. The number of fused-ring (bicyclic) bond motifs is 1. The number of rotatable bonds is 4. The highest BCUT2D eigenvalue weighted by Crippen LogP contribution is 2.51. The molecule has 1 aliphatic carbocycles. The van der Waals surface area contributed by atoms with E-state index < -0.39 is 5.41 Å². The number of aromatic nitrogens is 1. The molecule has 0 saturated heterocycles. The molecule has 0 radical (unpaired) electrons. The van der Waals surface area contributed by atoms with Crippen LogP contribution in [-0.2, 0) is 11.2 Å². The normalized spacial score (nSPS) is 21.2. The van der Waals surface area contributed by atoms with E-state index in [-0.39, 0.29) is 11.8 Å². The van der Waals surface area contributed by atoms with Gasteiger partial charge in [0.1, 0.15) is 0 Å². The Labute approximate surface area is 157 Å². The van der Waals surface area contributed by atoms with Gasteiger partial charge in [-0.2, -0.15) is 0 Å². The molecule has 4 rings (SSSR count). The highest BCUT2D eigenvalue weighted by molar-refractivity contribution is 7.13. The zero-order valence-electron chi connectivity index (χ0n) is 14.6. The lowest BCUT2D eigenvalue weighted by atomic mass is 9.73. The molecule has 1 heterocycles. The van der Waals surface area contributed by atoms with E-state index in [0.717, 1.165) is 11.1 Å². The van der Waals surface area contributed by atoms with Gasteiger partial charge in [-0.3, -0.25) is 4.79 Å². The quantitative estimate of drug-likeness (QED) is 0.702. The van der Waals surface area contributed by atoms with Gasteiger partial charge >= 0.3 is 0 Å². The predicted molar refractivity (Wildman–Crippen MR) is 107 cm³/mol. The summed E-state index contributed by atoms with van der Waals surface area (Å²) in [5.41, 5.74) is 4.10. The highest BCUT2D eigenvalue weighted by atomic mass is 32.1. The van der Waals surface area contributed by atoms with Crippen molar-refractivity contribution in [1.29, 1.82) is 0 Å². The van der Waals surface area contributed by atoms with Crippen LogP contribution in [0.2, 0.25) is 0 Å². The Hall–Kier alpha value is -2.72. The number of hydrogen-bond donors (Lipinski definition) is 1. The van der Waals surface area contributed by atoms with Crippen LogP contribution in [0.4, 0.5) is 5.13 Å². The van der Waals surface area contributed by atoms with Crippen molar-refractivity contribution in [2.75, 3.05) is 5.32 Å². The Morgan fingerprint density at radius 1 is 1.31 bits per heavy atom. The maximum Gasteiger partial charge on any atom is 0.233 e. The van der Waals surface area contributed by atoms with E-state index in [9.17, 15) is 4.79 Å². The minimum Gasteiger partial charge on any atom is -0.301 e. The van der Waals surface area contributed by atoms with E-state index in [1.54, 1.807) is 6.20 Å². The van der Waals surface area contributed by atoms with Crippen LogP contribution >= 0.6 is 11.3 Å². The molecule has 1 N–H and O–H groups in total. The van der Waals surface area contributed by atoms with Gasteiger partial charge in [0.2, 0.25) is 5.91 Å². The predicted octanol–water partition coefficient (Wildman–Crippen LogP) is 5.12. The third-order valence-corrected chi connectivity index (χ3v) is 5.90. The molecule has 3 aromatic rings. The van der Waals surface area contributed by atoms with Crippen LogP contribution in [0.25, 0.3) is 6.08 Å². The average molecular weight is 360 g/mol. The van der Waals surface area contributed by atoms with Crippen molar-refractivity contribution in [3.8, 4) is 0 Å². The van der Waals surface area contributed by atoms with Crippen LogP contribution in [0, 0.1) is 5.41 Å². The van der Waals surface area contributed by atoms with Gasteiger partial charge < -0.3 is 5.32 Å². The van der Waals surface area contributed by atoms with E-state index in [4.69, 9.17) is 0 Å². The summed E-state index contributed by atoms with van der Waals surface area (Å²) in [5.74, 6) is 0.0104. The summed E-state index contributed by atoms with van der Waals surface area (Å²) in [6.45, 7) is 5.95. The first-order valence-electron chi connectivity index (χ1n) is 8.63. The van der Waals surface area contributed by atoms with Crippen molar-refractivity contribution in [3.05, 3.63) is 88.9 Å². The van der Waals surface area contributed by atoms with Gasteiger partial charge in [0.05, 0.1) is 5.41 Å². The molecule has 4 heteroatoms. The summed E-state index contributed by atoms with van der Waals surface area (Å²) in [5, 5.41) is 5.53. The standard InChI is InChI=1S/C22H20N2OS/c1-3-15-9-10-17-14-22(2,20(25)24-21-23-11-12-26-21)19(18(17)13-15)16-7-5-4-6-8-16/h3-13,19H,1,14H2,2H3,(H,23,24,25)/t19-,22+/m1/s1. The van der Waals surface area contributed by atoms with E-state index in [0.29, 0.717) is 11.6 Å². The smallest absolute Gasteiger partial charge is 0.233 e. The van der Waals surface area contributed by atoms with E-state index >= 15 is 0 Å². The summed E-state index contributed by atoms with van der Waals surface area (Å²) in [7, 11) is 0. The number of benzene rings is 2. The van der Waals surface area contributed by atoms with Gasteiger partial charge in [-0.15, -0.1) is 11.3 Å². The SMILES string of the molecule is C=Cc1ccc2c(c1)[C@@H](c1ccccc1)[C@@](C)(C(=O)Nc1nccs1)C2. The first kappa shape index (κ1) is 16.7. The van der Waals surface area contributed by atoms with Crippen LogP contribution in [0.3, 0.4) is 0 Å². The van der Waals surface area contributed by atoms with Gasteiger partial charge in [-0.1, -0.05) is 61.2 Å². The van der Waals surface area contributed by atoms with Gasteiger partial charge in [0, 0.05) is 17.5 Å². The number of thiazole rings is 1. The summed E-state index contributed by atoms with van der Waals surface area (Å²) >= 11 is 1.44. The van der Waals surface area contributed by atoms with Crippen molar-refractivity contribution in [3.63, 3.8) is 0 Å². The molecule has 0 fully saturated rings. The van der Waals surface area contributed by atoms with Gasteiger partial charge in [-0.25, -0.2) is 4.98 Å². The summed E-state index contributed by atoms with van der Waals surface area (Å²) in [6, 6.07) is 16.6. The lowest BCUT2D eigenvalue weighted by Crippen LogP contribution is -2.37. The fourth-order valence-electron chi connectivity index (χ4n) is 3.94. The van der Waals surface area contributed by atoms with Crippen LogP contribution in [0.15, 0.2) is 66.7 Å². The molecule has 1 aromatic heterocycles. The molecule has 3 nitrogen and oxygen atoms in total. The molecular formula is C22H20N2OS. The van der Waals surface area contributed by atoms with Crippen molar-refractivity contribution >= 4 is 28.5 Å². The summed E-state index contributed by atoms with van der Waals surface area (Å²) < 4.78 is 0. The Kier molecular flexibility index (Phi) is 4.21. The topological polar surface area (TPSA) is 42.0 Å². The van der Waals surface area contributed by atoms with Crippen LogP contribution in [0.5, 0.6) is 0 Å². The lowest BCUT2D eigenvalue weighted by Gasteiger charge is -2.31. The zero-order chi connectivity index (χ0) is 18.1. The van der Waals surface area contributed by atoms with Crippen LogP contribution in [0.1, 0.15) is 35.1 Å². The minimum absolute atomic E-state index is 0.00133. The Balaban J connectivity index is 1.80. The zero-order valence-corrected chi connectivity index (χ0v) is 15.4. The van der Waals surface area contributed by atoms with Crippen molar-refractivity contribution in [1.82, 2.24) is 4.98 Å². The second kappa shape index (κ2) is 6.54. The second-order valence-electron chi connectivity index (χ2n) is 6.89. The van der Waals surface area contributed by atoms with Crippen molar-refractivity contribution in [2.24, 2.45) is 5.41 Å². The second-order valence-corrected chi connectivity index (χ2v) is 7.79. The third kappa shape index (κ3) is 2.76. The number of carbonyl (C=O) groups is 1. The molecule has 0 unspecified atom stereocenters. The number of carbonyl (C=O) groups excluding carboxylic acids is 1. The number of nitrogens with one attached hydrogen (secondary N) is 1. The molecule has 1 aliphatic rings. The van der Waals surface area contributed by atoms with Crippen LogP contribution < -0.4 is 5.32 Å². The molecular weight excluding hydrogens is 340 g/mol. The maximum absolute atomic E-state index is 13.3. The van der Waals surface area contributed by atoms with E-state index in [2.05, 4.69) is 54.1 Å². The molecule has 0 aliphatic heterocycles. The highest BCUT2D eigenvalue weighted by Gasteiger charge is 2.48. The fraction of sp³-hybridized carbons (Fsp3) is 0.182. The van der Waals surface area contributed by atoms with Gasteiger partial charge in [0.15, 0.2) is 5.13 Å². The lowest BCUT2D eigenvalue weighted by molar-refractivity contribution is -0.125.